The molecule has 0 amide bonds. The highest BCUT2D eigenvalue weighted by molar-refractivity contribution is 6.02. The molecule has 4 rings (SSSR count). The van der Waals surface area contributed by atoms with Gasteiger partial charge in [-0.25, -0.2) is 0 Å². The number of hydrogen-bond acceptors (Lipinski definition) is 4. The largest absolute Gasteiger partial charge is 0.354 e. The lowest BCUT2D eigenvalue weighted by molar-refractivity contribution is 0.712. The van der Waals surface area contributed by atoms with Crippen LogP contribution in [0.25, 0.3) is 10.9 Å². The van der Waals surface area contributed by atoms with E-state index in [4.69, 9.17) is 0 Å². The van der Waals surface area contributed by atoms with Crippen molar-refractivity contribution in [3.63, 3.8) is 0 Å². The summed E-state index contributed by atoms with van der Waals surface area (Å²) in [6.07, 6.45) is 1.91. The minimum atomic E-state index is 0.771. The lowest BCUT2D eigenvalue weighted by Crippen LogP contribution is -2.26. The molecule has 22 heavy (non-hydrogen) atoms. The molecule has 0 bridgehead atoms. The van der Waals surface area contributed by atoms with Crippen LogP contribution in [0.5, 0.6) is 0 Å². The Hall–Kier alpha value is -2.82. The molecular weight excluding hydrogens is 274 g/mol. The first kappa shape index (κ1) is 12.9. The first-order valence-corrected chi connectivity index (χ1v) is 7.44. The van der Waals surface area contributed by atoms with E-state index in [0.29, 0.717) is 0 Å². The van der Waals surface area contributed by atoms with Gasteiger partial charge in [-0.05, 0) is 17.7 Å². The van der Waals surface area contributed by atoms with E-state index in [2.05, 4.69) is 57.1 Å². The SMILES string of the molecule is c1ccc(Cn2ncc3c(NC4=NCCN4)cccc32)cc1. The zero-order valence-corrected chi connectivity index (χ0v) is 12.2. The van der Waals surface area contributed by atoms with Crippen molar-refractivity contribution >= 4 is 22.5 Å². The third kappa shape index (κ3) is 2.41. The normalized spacial score (nSPS) is 13.9. The Labute approximate surface area is 128 Å². The van der Waals surface area contributed by atoms with E-state index in [9.17, 15) is 0 Å². The molecule has 1 aliphatic heterocycles. The summed E-state index contributed by atoms with van der Waals surface area (Å²) in [6.45, 7) is 2.49. The van der Waals surface area contributed by atoms with Crippen LogP contribution in [-0.4, -0.2) is 28.8 Å². The Morgan fingerprint density at radius 3 is 2.82 bits per heavy atom. The van der Waals surface area contributed by atoms with Crippen molar-refractivity contribution in [3.05, 3.63) is 60.3 Å². The molecule has 0 saturated carbocycles. The third-order valence-corrected chi connectivity index (χ3v) is 3.79. The van der Waals surface area contributed by atoms with E-state index in [1.54, 1.807) is 0 Å². The van der Waals surface area contributed by atoms with Crippen LogP contribution in [0.2, 0.25) is 0 Å². The van der Waals surface area contributed by atoms with Crippen molar-refractivity contribution in [2.24, 2.45) is 4.99 Å². The molecule has 0 radical (unpaired) electrons. The summed E-state index contributed by atoms with van der Waals surface area (Å²) < 4.78 is 2.03. The smallest absolute Gasteiger partial charge is 0.195 e. The number of nitrogens with zero attached hydrogens (tertiary/aromatic N) is 3. The summed E-state index contributed by atoms with van der Waals surface area (Å²) >= 11 is 0. The molecular formula is C17H17N5. The third-order valence-electron chi connectivity index (χ3n) is 3.79. The van der Waals surface area contributed by atoms with Crippen molar-refractivity contribution in [1.82, 2.24) is 15.1 Å². The predicted molar refractivity (Wildman–Crippen MR) is 89.2 cm³/mol. The predicted octanol–water partition coefficient (Wildman–Crippen LogP) is 2.46. The quantitative estimate of drug-likeness (QED) is 0.779. The average molecular weight is 291 g/mol. The van der Waals surface area contributed by atoms with Gasteiger partial charge in [0.05, 0.1) is 30.5 Å². The zero-order chi connectivity index (χ0) is 14.8. The van der Waals surface area contributed by atoms with E-state index in [-0.39, 0.29) is 0 Å². The minimum absolute atomic E-state index is 0.771. The van der Waals surface area contributed by atoms with Crippen molar-refractivity contribution < 1.29 is 0 Å². The Morgan fingerprint density at radius 1 is 1.09 bits per heavy atom. The molecule has 0 atom stereocenters. The van der Waals surface area contributed by atoms with Crippen LogP contribution >= 0.6 is 0 Å². The first-order valence-electron chi connectivity index (χ1n) is 7.44. The number of benzene rings is 2. The number of guanidine groups is 1. The van der Waals surface area contributed by atoms with Crippen molar-refractivity contribution in [2.75, 3.05) is 18.4 Å². The van der Waals surface area contributed by atoms with Crippen LogP contribution in [0.15, 0.2) is 59.7 Å². The maximum atomic E-state index is 4.54. The van der Waals surface area contributed by atoms with Gasteiger partial charge in [0.2, 0.25) is 0 Å². The maximum absolute atomic E-state index is 4.54. The molecule has 0 saturated heterocycles. The van der Waals surface area contributed by atoms with Gasteiger partial charge in [-0.2, -0.15) is 5.10 Å². The van der Waals surface area contributed by atoms with Gasteiger partial charge in [-0.1, -0.05) is 36.4 Å². The highest BCUT2D eigenvalue weighted by atomic mass is 15.3. The van der Waals surface area contributed by atoms with Crippen LogP contribution in [0.3, 0.4) is 0 Å². The van der Waals surface area contributed by atoms with E-state index >= 15 is 0 Å². The van der Waals surface area contributed by atoms with Gasteiger partial charge in [0, 0.05) is 11.9 Å². The number of aliphatic imine (C=N–C) groups is 1. The van der Waals surface area contributed by atoms with E-state index in [0.717, 1.165) is 42.2 Å². The van der Waals surface area contributed by atoms with Gasteiger partial charge in [0.1, 0.15) is 0 Å². The van der Waals surface area contributed by atoms with Crippen LogP contribution in [0, 0.1) is 0 Å². The fraction of sp³-hybridized carbons (Fsp3) is 0.176. The first-order chi connectivity index (χ1) is 10.9. The number of hydrogen-bond donors (Lipinski definition) is 2. The van der Waals surface area contributed by atoms with Crippen molar-refractivity contribution in [3.8, 4) is 0 Å². The Balaban J connectivity index is 1.67. The lowest BCUT2D eigenvalue weighted by atomic mass is 10.2. The molecule has 0 spiro atoms. The monoisotopic (exact) mass is 291 g/mol. The van der Waals surface area contributed by atoms with Gasteiger partial charge in [-0.3, -0.25) is 9.67 Å². The number of rotatable bonds is 3. The Kier molecular flexibility index (Phi) is 3.23. The summed E-state index contributed by atoms with van der Waals surface area (Å²) in [5.41, 5.74) is 3.39. The Morgan fingerprint density at radius 2 is 2.00 bits per heavy atom. The van der Waals surface area contributed by atoms with E-state index in [1.165, 1.54) is 5.56 Å². The van der Waals surface area contributed by atoms with E-state index in [1.807, 2.05) is 23.0 Å². The summed E-state index contributed by atoms with van der Waals surface area (Å²) in [4.78, 5) is 4.38. The minimum Gasteiger partial charge on any atom is -0.354 e. The number of fused-ring (bicyclic) bond motifs is 1. The summed E-state index contributed by atoms with van der Waals surface area (Å²) in [5, 5.41) is 12.2. The molecule has 110 valence electrons. The molecule has 3 aromatic rings. The second kappa shape index (κ2) is 5.52. The second-order valence-electron chi connectivity index (χ2n) is 5.31. The van der Waals surface area contributed by atoms with Crippen LogP contribution < -0.4 is 10.6 Å². The molecule has 2 heterocycles. The highest BCUT2D eigenvalue weighted by Crippen LogP contribution is 2.23. The molecule has 1 aliphatic rings. The molecule has 0 unspecified atom stereocenters. The summed E-state index contributed by atoms with van der Waals surface area (Å²) in [5.74, 6) is 0.836. The number of aromatic nitrogens is 2. The molecule has 1 aromatic heterocycles. The molecule has 0 aliphatic carbocycles. The van der Waals surface area contributed by atoms with Crippen LogP contribution in [-0.2, 0) is 6.54 Å². The fourth-order valence-electron chi connectivity index (χ4n) is 2.70. The van der Waals surface area contributed by atoms with Crippen LogP contribution in [0.1, 0.15) is 5.56 Å². The fourth-order valence-corrected chi connectivity index (χ4v) is 2.70. The summed E-state index contributed by atoms with van der Waals surface area (Å²) in [6, 6.07) is 16.6. The maximum Gasteiger partial charge on any atom is 0.195 e. The average Bonchev–Trinajstić information content (AvgIpc) is 3.19. The number of anilines is 1. The topological polar surface area (TPSA) is 54.2 Å². The second-order valence-corrected chi connectivity index (χ2v) is 5.31. The van der Waals surface area contributed by atoms with Gasteiger partial charge >= 0.3 is 0 Å². The molecule has 2 aromatic carbocycles. The molecule has 5 heteroatoms. The van der Waals surface area contributed by atoms with Gasteiger partial charge < -0.3 is 10.6 Å². The molecule has 2 N–H and O–H groups in total. The van der Waals surface area contributed by atoms with Gasteiger partial charge in [0.15, 0.2) is 5.96 Å². The summed E-state index contributed by atoms with van der Waals surface area (Å²) in [7, 11) is 0. The van der Waals surface area contributed by atoms with Crippen molar-refractivity contribution in [2.45, 2.75) is 6.54 Å². The number of nitrogens with one attached hydrogen (secondary N) is 2. The van der Waals surface area contributed by atoms with Crippen molar-refractivity contribution in [1.29, 1.82) is 0 Å². The zero-order valence-electron chi connectivity index (χ0n) is 12.2. The Bertz CT molecular complexity index is 819. The standard InChI is InChI=1S/C17H17N5/c1-2-5-13(6-3-1)12-22-16-8-4-7-15(14(16)11-20-22)21-17-18-9-10-19-17/h1-8,11H,9-10,12H2,(H2,18,19,21). The highest BCUT2D eigenvalue weighted by Gasteiger charge is 2.10. The van der Waals surface area contributed by atoms with Crippen LogP contribution in [0.4, 0.5) is 5.69 Å². The van der Waals surface area contributed by atoms with Gasteiger partial charge in [0.25, 0.3) is 0 Å². The molecule has 5 nitrogen and oxygen atoms in total. The molecule has 0 fully saturated rings. The lowest BCUT2D eigenvalue weighted by Gasteiger charge is -2.08. The van der Waals surface area contributed by atoms with Gasteiger partial charge in [-0.15, -0.1) is 0 Å². The van der Waals surface area contributed by atoms with E-state index < -0.39 is 0 Å².